The third-order valence-electron chi connectivity index (χ3n) is 3.02. The van der Waals surface area contributed by atoms with Crippen molar-refractivity contribution in [1.82, 2.24) is 15.2 Å². The van der Waals surface area contributed by atoms with Gasteiger partial charge in [-0.05, 0) is 35.9 Å². The van der Waals surface area contributed by atoms with Crippen molar-refractivity contribution in [2.45, 2.75) is 17.5 Å². The van der Waals surface area contributed by atoms with Gasteiger partial charge in [-0.15, -0.1) is 5.10 Å². The number of benzene rings is 2. The Hall–Kier alpha value is -1.69. The number of halogens is 2. The molecule has 0 spiro atoms. The van der Waals surface area contributed by atoms with Crippen molar-refractivity contribution < 1.29 is 4.74 Å². The second-order valence-electron chi connectivity index (χ2n) is 4.69. The monoisotopic (exact) mass is 365 g/mol. The summed E-state index contributed by atoms with van der Waals surface area (Å²) in [5.41, 5.74) is 1.06. The average molecular weight is 366 g/mol. The zero-order chi connectivity index (χ0) is 16.1. The SMILES string of the molecule is Clc1ccc(OCc2nc(SCc3ccccc3Cl)n[nH]2)cc1. The summed E-state index contributed by atoms with van der Waals surface area (Å²) in [5, 5.41) is 9.14. The van der Waals surface area contributed by atoms with E-state index in [9.17, 15) is 0 Å². The van der Waals surface area contributed by atoms with Gasteiger partial charge in [0.25, 0.3) is 0 Å². The van der Waals surface area contributed by atoms with Gasteiger partial charge in [-0.3, -0.25) is 5.10 Å². The highest BCUT2D eigenvalue weighted by Crippen LogP contribution is 2.24. The maximum absolute atomic E-state index is 6.13. The first-order chi connectivity index (χ1) is 11.2. The molecule has 0 aliphatic heterocycles. The Balaban J connectivity index is 1.53. The van der Waals surface area contributed by atoms with E-state index in [1.54, 1.807) is 12.1 Å². The second kappa shape index (κ2) is 7.73. The fourth-order valence-electron chi connectivity index (χ4n) is 1.85. The Morgan fingerprint density at radius 2 is 1.83 bits per heavy atom. The van der Waals surface area contributed by atoms with Crippen LogP contribution in [-0.2, 0) is 12.4 Å². The molecule has 0 radical (unpaired) electrons. The van der Waals surface area contributed by atoms with Gasteiger partial charge in [0, 0.05) is 15.8 Å². The molecule has 0 aliphatic rings. The van der Waals surface area contributed by atoms with Gasteiger partial charge in [0.1, 0.15) is 12.4 Å². The molecule has 1 heterocycles. The molecule has 3 rings (SSSR count). The number of nitrogens with zero attached hydrogens (tertiary/aromatic N) is 2. The standard InChI is InChI=1S/C16H13Cl2N3OS/c17-12-5-7-13(8-6-12)22-9-15-19-16(21-20-15)23-10-11-3-1-2-4-14(11)18/h1-8H,9-10H2,(H,19,20,21). The van der Waals surface area contributed by atoms with Gasteiger partial charge >= 0.3 is 0 Å². The molecule has 4 nitrogen and oxygen atoms in total. The van der Waals surface area contributed by atoms with Crippen LogP contribution in [0.3, 0.4) is 0 Å². The zero-order valence-electron chi connectivity index (χ0n) is 12.0. The predicted molar refractivity (Wildman–Crippen MR) is 93.2 cm³/mol. The number of hydrogen-bond acceptors (Lipinski definition) is 4. The maximum atomic E-state index is 6.13. The summed E-state index contributed by atoms with van der Waals surface area (Å²) >= 11 is 13.5. The van der Waals surface area contributed by atoms with E-state index >= 15 is 0 Å². The number of hydrogen-bond donors (Lipinski definition) is 1. The molecule has 0 unspecified atom stereocenters. The van der Waals surface area contributed by atoms with Crippen LogP contribution in [0.4, 0.5) is 0 Å². The second-order valence-corrected chi connectivity index (χ2v) is 6.47. The largest absolute Gasteiger partial charge is 0.486 e. The number of ether oxygens (including phenoxy) is 1. The molecule has 0 amide bonds. The summed E-state index contributed by atoms with van der Waals surface area (Å²) in [5.74, 6) is 2.12. The van der Waals surface area contributed by atoms with Crippen LogP contribution < -0.4 is 4.74 Å². The van der Waals surface area contributed by atoms with Crippen LogP contribution >= 0.6 is 35.0 Å². The summed E-state index contributed by atoms with van der Waals surface area (Å²) in [4.78, 5) is 4.39. The first kappa shape index (κ1) is 16.2. The molecular formula is C16H13Cl2N3OS. The minimum absolute atomic E-state index is 0.321. The van der Waals surface area contributed by atoms with Gasteiger partial charge in [-0.1, -0.05) is 53.2 Å². The third-order valence-corrected chi connectivity index (χ3v) is 4.53. The highest BCUT2D eigenvalue weighted by Gasteiger charge is 2.07. The Labute approximate surface area is 148 Å². The van der Waals surface area contributed by atoms with E-state index < -0.39 is 0 Å². The van der Waals surface area contributed by atoms with Gasteiger partial charge in [0.2, 0.25) is 5.16 Å². The molecule has 0 aliphatic carbocycles. The summed E-state index contributed by atoms with van der Waals surface area (Å²) in [6, 6.07) is 14.9. The van der Waals surface area contributed by atoms with Crippen molar-refractivity contribution >= 4 is 35.0 Å². The molecule has 7 heteroatoms. The van der Waals surface area contributed by atoms with Gasteiger partial charge in [0.15, 0.2) is 5.82 Å². The fraction of sp³-hybridized carbons (Fsp3) is 0.125. The van der Waals surface area contributed by atoms with Crippen LogP contribution in [-0.4, -0.2) is 15.2 Å². The number of rotatable bonds is 6. The molecule has 0 fully saturated rings. The van der Waals surface area contributed by atoms with Crippen molar-refractivity contribution in [3.8, 4) is 5.75 Å². The lowest BCUT2D eigenvalue weighted by molar-refractivity contribution is 0.296. The summed E-state index contributed by atoms with van der Waals surface area (Å²) in [6.45, 7) is 0.321. The van der Waals surface area contributed by atoms with Crippen LogP contribution in [0.1, 0.15) is 11.4 Å². The van der Waals surface area contributed by atoms with Gasteiger partial charge in [-0.2, -0.15) is 0 Å². The lowest BCUT2D eigenvalue weighted by Gasteiger charge is -2.03. The van der Waals surface area contributed by atoms with Gasteiger partial charge in [0.05, 0.1) is 0 Å². The van der Waals surface area contributed by atoms with Gasteiger partial charge in [-0.25, -0.2) is 4.98 Å². The van der Waals surface area contributed by atoms with E-state index in [1.807, 2.05) is 36.4 Å². The number of nitrogens with one attached hydrogen (secondary N) is 1. The van der Waals surface area contributed by atoms with Crippen molar-refractivity contribution in [1.29, 1.82) is 0 Å². The molecule has 3 aromatic rings. The number of thioether (sulfide) groups is 1. The summed E-state index contributed by atoms with van der Waals surface area (Å²) < 4.78 is 5.62. The predicted octanol–water partition coefficient (Wildman–Crippen LogP) is 4.98. The topological polar surface area (TPSA) is 50.8 Å². The molecule has 118 valence electrons. The first-order valence-corrected chi connectivity index (χ1v) is 8.61. The van der Waals surface area contributed by atoms with Crippen LogP contribution in [0.2, 0.25) is 10.0 Å². The van der Waals surface area contributed by atoms with Gasteiger partial charge < -0.3 is 4.74 Å². The normalized spacial score (nSPS) is 10.7. The molecule has 23 heavy (non-hydrogen) atoms. The van der Waals surface area contributed by atoms with Crippen LogP contribution in [0.15, 0.2) is 53.7 Å². The van der Waals surface area contributed by atoms with E-state index in [-0.39, 0.29) is 0 Å². The van der Waals surface area contributed by atoms with Crippen molar-refractivity contribution in [3.63, 3.8) is 0 Å². The van der Waals surface area contributed by atoms with Crippen LogP contribution in [0.25, 0.3) is 0 Å². The molecule has 1 N–H and O–H groups in total. The van der Waals surface area contributed by atoms with Crippen molar-refractivity contribution in [3.05, 3.63) is 70.0 Å². The number of aromatic nitrogens is 3. The maximum Gasteiger partial charge on any atom is 0.208 e. The van der Waals surface area contributed by atoms with E-state index in [0.717, 1.165) is 22.1 Å². The Morgan fingerprint density at radius 1 is 1.04 bits per heavy atom. The highest BCUT2D eigenvalue weighted by atomic mass is 35.5. The van der Waals surface area contributed by atoms with E-state index in [2.05, 4.69) is 15.2 Å². The summed E-state index contributed by atoms with van der Waals surface area (Å²) in [7, 11) is 0. The quantitative estimate of drug-likeness (QED) is 0.625. The molecular weight excluding hydrogens is 353 g/mol. The Kier molecular flexibility index (Phi) is 5.43. The zero-order valence-corrected chi connectivity index (χ0v) is 14.3. The lowest BCUT2D eigenvalue weighted by Crippen LogP contribution is -1.97. The molecule has 0 saturated carbocycles. The molecule has 1 aromatic heterocycles. The minimum Gasteiger partial charge on any atom is -0.486 e. The molecule has 2 aromatic carbocycles. The Morgan fingerprint density at radius 3 is 2.61 bits per heavy atom. The highest BCUT2D eigenvalue weighted by molar-refractivity contribution is 7.98. The summed E-state index contributed by atoms with van der Waals surface area (Å²) in [6.07, 6.45) is 0. The smallest absolute Gasteiger partial charge is 0.208 e. The van der Waals surface area contributed by atoms with E-state index in [1.165, 1.54) is 11.8 Å². The fourth-order valence-corrected chi connectivity index (χ4v) is 3.08. The van der Waals surface area contributed by atoms with Crippen molar-refractivity contribution in [2.75, 3.05) is 0 Å². The Bertz CT molecular complexity index is 777. The molecule has 0 saturated heterocycles. The number of aromatic amines is 1. The number of H-pyrrole nitrogens is 1. The lowest BCUT2D eigenvalue weighted by atomic mass is 10.2. The van der Waals surface area contributed by atoms with E-state index in [4.69, 9.17) is 27.9 Å². The van der Waals surface area contributed by atoms with E-state index in [0.29, 0.717) is 22.6 Å². The minimum atomic E-state index is 0.321. The average Bonchev–Trinajstić information content (AvgIpc) is 3.02. The van der Waals surface area contributed by atoms with Crippen LogP contribution in [0.5, 0.6) is 5.75 Å². The van der Waals surface area contributed by atoms with Crippen LogP contribution in [0, 0.1) is 0 Å². The van der Waals surface area contributed by atoms with Crippen molar-refractivity contribution in [2.24, 2.45) is 0 Å². The molecule has 0 atom stereocenters. The molecule has 0 bridgehead atoms. The third kappa shape index (κ3) is 4.64. The first-order valence-electron chi connectivity index (χ1n) is 6.86.